The monoisotopic (exact) mass is 494 g/mol. The van der Waals surface area contributed by atoms with Crippen molar-refractivity contribution in [3.8, 4) is 0 Å². The molecule has 1 fully saturated rings. The van der Waals surface area contributed by atoms with Crippen LogP contribution in [0.5, 0.6) is 0 Å². The van der Waals surface area contributed by atoms with Gasteiger partial charge in [-0.1, -0.05) is 24.3 Å². The van der Waals surface area contributed by atoms with Gasteiger partial charge in [0.15, 0.2) is 16.9 Å². The van der Waals surface area contributed by atoms with Crippen LogP contribution >= 0.6 is 19.1 Å². The quantitative estimate of drug-likeness (QED) is 0.373. The van der Waals surface area contributed by atoms with Crippen molar-refractivity contribution in [3.05, 3.63) is 69.9 Å². The number of nitrogen functional groups attached to an aromatic ring is 1. The summed E-state index contributed by atoms with van der Waals surface area (Å²) in [4.78, 5) is 34.3. The summed E-state index contributed by atoms with van der Waals surface area (Å²) in [6, 6.07) is 10.4. The number of thiophene rings is 1. The third-order valence-electron chi connectivity index (χ3n) is 6.63. The highest BCUT2D eigenvalue weighted by Crippen LogP contribution is 2.53. The van der Waals surface area contributed by atoms with Gasteiger partial charge in [0.05, 0.1) is 11.3 Å². The number of benzene rings is 1. The van der Waals surface area contributed by atoms with Crippen molar-refractivity contribution in [2.45, 2.75) is 51.0 Å². The minimum Gasteiger partial charge on any atom is -0.382 e. The van der Waals surface area contributed by atoms with Crippen LogP contribution in [0.25, 0.3) is 0 Å². The number of nitrogens with zero attached hydrogens (tertiary/aromatic N) is 3. The van der Waals surface area contributed by atoms with E-state index in [1.807, 2.05) is 10.8 Å². The molecule has 2 aromatic heterocycles. The maximum Gasteiger partial charge on any atom is 0.326 e. The van der Waals surface area contributed by atoms with Crippen LogP contribution < -0.4 is 16.4 Å². The number of hydrogen-bond donors (Lipinski definition) is 4. The molecule has 1 aromatic carbocycles. The highest BCUT2D eigenvalue weighted by Gasteiger charge is 2.36. The van der Waals surface area contributed by atoms with E-state index in [9.17, 15) is 9.79 Å². The number of allylic oxidation sites excluding steroid dienone is 1. The number of aromatic nitrogens is 2. The van der Waals surface area contributed by atoms with Crippen LogP contribution in [0.3, 0.4) is 0 Å². The lowest BCUT2D eigenvalue weighted by molar-refractivity contribution is 0.474. The summed E-state index contributed by atoms with van der Waals surface area (Å²) in [7, 11) is -3.16. The summed E-state index contributed by atoms with van der Waals surface area (Å²) in [5.41, 5.74) is 10.6. The maximum absolute atomic E-state index is 10.5. The van der Waals surface area contributed by atoms with E-state index in [2.05, 4.69) is 53.4 Å². The van der Waals surface area contributed by atoms with Gasteiger partial charge >= 0.3 is 7.72 Å². The lowest BCUT2D eigenvalue weighted by Crippen LogP contribution is -2.43. The Morgan fingerprint density at radius 2 is 1.85 bits per heavy atom. The molecule has 7 nitrogen and oxygen atoms in total. The second-order valence-electron chi connectivity index (χ2n) is 9.48. The third-order valence-corrected chi connectivity index (χ3v) is 9.25. The van der Waals surface area contributed by atoms with Crippen molar-refractivity contribution >= 4 is 47.4 Å². The number of hydrogen-bond acceptors (Lipinski definition) is 8. The minimum absolute atomic E-state index is 0.365. The fourth-order valence-electron chi connectivity index (χ4n) is 4.76. The predicted molar refractivity (Wildman–Crippen MR) is 141 cm³/mol. The molecule has 0 radical (unpaired) electrons. The van der Waals surface area contributed by atoms with Crippen molar-refractivity contribution in [2.75, 3.05) is 11.1 Å². The molecule has 0 atom stereocenters. The number of nitrogens with two attached hydrogens (primary N) is 1. The van der Waals surface area contributed by atoms with Gasteiger partial charge in [0.25, 0.3) is 0 Å². The second kappa shape index (κ2) is 8.86. The lowest BCUT2D eigenvalue weighted by Gasteiger charge is -2.33. The molecule has 1 aliphatic carbocycles. The summed E-state index contributed by atoms with van der Waals surface area (Å²) < 4.78 is 0. The normalized spacial score (nSPS) is 19.7. The van der Waals surface area contributed by atoms with Gasteiger partial charge in [0.1, 0.15) is 17.8 Å². The summed E-state index contributed by atoms with van der Waals surface area (Å²) in [5.74, 6) is 3.21. The Kier molecular flexibility index (Phi) is 6.02. The van der Waals surface area contributed by atoms with Crippen molar-refractivity contribution in [1.29, 1.82) is 0 Å². The first-order chi connectivity index (χ1) is 16.2. The van der Waals surface area contributed by atoms with Crippen LogP contribution in [0, 0.1) is 0 Å². The van der Waals surface area contributed by atoms with E-state index < -0.39 is 13.3 Å². The molecular formula is C25H29N5O2PS+. The fraction of sp³-hybridized carbons (Fsp3) is 0.320. The standard InChI is InChI=1S/C25H29N5O2PS/c1-25(2)22(29-21-23(26)27-15-28-24(21)30-25)19-9-7-18(8-10-19)17-5-3-16(4-6-17)13-33(31,32)20-11-12-34-14-20/h7-15,17,31-32H,3-6H2,1-2H3,(H3,26,27,28,30)/q+1. The molecule has 5 N–H and O–H groups in total. The Labute approximate surface area is 204 Å². The molecular weight excluding hydrogens is 465 g/mol. The van der Waals surface area contributed by atoms with Crippen molar-refractivity contribution in [2.24, 2.45) is 4.99 Å². The summed E-state index contributed by atoms with van der Waals surface area (Å²) in [6.07, 6.45) is 5.23. The molecule has 0 unspecified atom stereocenters. The first-order valence-corrected chi connectivity index (χ1v) is 14.1. The topological polar surface area (TPSA) is 117 Å². The minimum atomic E-state index is -3.16. The van der Waals surface area contributed by atoms with Crippen LogP contribution in [-0.2, 0) is 0 Å². The van der Waals surface area contributed by atoms with Gasteiger partial charge in [-0.2, -0.15) is 0 Å². The van der Waals surface area contributed by atoms with E-state index in [1.54, 1.807) is 11.9 Å². The first kappa shape index (κ1) is 23.1. The zero-order valence-corrected chi connectivity index (χ0v) is 21.0. The molecule has 1 aliphatic heterocycles. The van der Waals surface area contributed by atoms with Gasteiger partial charge in [-0.3, -0.25) is 0 Å². The molecule has 0 saturated heterocycles. The smallest absolute Gasteiger partial charge is 0.326 e. The highest BCUT2D eigenvalue weighted by molar-refractivity contribution is 7.75. The largest absolute Gasteiger partial charge is 0.382 e. The summed E-state index contributed by atoms with van der Waals surface area (Å²) in [6.45, 7) is 4.16. The Morgan fingerprint density at radius 1 is 1.12 bits per heavy atom. The average molecular weight is 495 g/mol. The molecule has 0 amide bonds. The zero-order chi connectivity index (χ0) is 23.9. The van der Waals surface area contributed by atoms with Crippen LogP contribution in [0.4, 0.5) is 17.3 Å². The van der Waals surface area contributed by atoms with E-state index in [0.29, 0.717) is 28.5 Å². The number of rotatable bonds is 4. The number of anilines is 2. The molecule has 5 rings (SSSR count). The van der Waals surface area contributed by atoms with Gasteiger partial charge in [0, 0.05) is 5.38 Å². The van der Waals surface area contributed by atoms with Crippen molar-refractivity contribution in [1.82, 2.24) is 9.97 Å². The van der Waals surface area contributed by atoms with Crippen molar-refractivity contribution < 1.29 is 9.79 Å². The summed E-state index contributed by atoms with van der Waals surface area (Å²) >= 11 is 1.49. The molecule has 3 heterocycles. The predicted octanol–water partition coefficient (Wildman–Crippen LogP) is 5.14. The Balaban J connectivity index is 1.31. The van der Waals surface area contributed by atoms with Gasteiger partial charge < -0.3 is 11.1 Å². The third kappa shape index (κ3) is 4.51. The Bertz CT molecular complexity index is 1240. The molecule has 2 aliphatic rings. The van der Waals surface area contributed by atoms with Gasteiger partial charge in [-0.15, -0.1) is 11.3 Å². The number of fused-ring (bicyclic) bond motifs is 1. The van der Waals surface area contributed by atoms with Gasteiger partial charge in [-0.05, 0) is 73.6 Å². The molecule has 1 saturated carbocycles. The van der Waals surface area contributed by atoms with Crippen LogP contribution in [0.15, 0.2) is 63.8 Å². The van der Waals surface area contributed by atoms with Crippen LogP contribution in [-0.4, -0.2) is 31.0 Å². The maximum atomic E-state index is 10.5. The Morgan fingerprint density at radius 3 is 2.53 bits per heavy atom. The SMILES string of the molecule is CC1(C)Nc2ncnc(N)c2N=C1c1ccc(C2CCC(=C[P+](O)(O)c3ccsc3)CC2)cc1. The molecule has 9 heteroatoms. The molecule has 34 heavy (non-hydrogen) atoms. The second-order valence-corrected chi connectivity index (χ2v) is 12.3. The number of nitrogens with one attached hydrogen (secondary N) is 1. The molecule has 0 bridgehead atoms. The first-order valence-electron chi connectivity index (χ1n) is 11.4. The summed E-state index contributed by atoms with van der Waals surface area (Å²) in [5, 5.41) is 7.78. The number of aliphatic imine (C=N–C) groups is 1. The van der Waals surface area contributed by atoms with E-state index >= 15 is 0 Å². The fourth-order valence-corrected chi connectivity index (χ4v) is 7.40. The van der Waals surface area contributed by atoms with E-state index in [0.717, 1.165) is 42.5 Å². The van der Waals surface area contributed by atoms with Crippen LogP contribution in [0.2, 0.25) is 0 Å². The van der Waals surface area contributed by atoms with Crippen molar-refractivity contribution in [3.63, 3.8) is 0 Å². The lowest BCUT2D eigenvalue weighted by atomic mass is 9.81. The van der Waals surface area contributed by atoms with E-state index in [-0.39, 0.29) is 0 Å². The zero-order valence-electron chi connectivity index (χ0n) is 19.3. The average Bonchev–Trinajstić information content (AvgIpc) is 3.35. The molecule has 176 valence electrons. The molecule has 3 aromatic rings. The van der Waals surface area contributed by atoms with E-state index in [4.69, 9.17) is 10.7 Å². The van der Waals surface area contributed by atoms with Gasteiger partial charge in [-0.25, -0.2) is 24.7 Å². The molecule has 0 spiro atoms. The highest BCUT2D eigenvalue weighted by atomic mass is 32.1. The van der Waals surface area contributed by atoms with E-state index in [1.165, 1.54) is 23.2 Å². The Hall–Kier alpha value is -2.64. The van der Waals surface area contributed by atoms with Crippen LogP contribution in [0.1, 0.15) is 56.6 Å². The van der Waals surface area contributed by atoms with Gasteiger partial charge in [0.2, 0.25) is 0 Å².